The van der Waals surface area contributed by atoms with Gasteiger partial charge in [-0.25, -0.2) is 0 Å². The van der Waals surface area contributed by atoms with Crippen LogP contribution in [0.25, 0.3) is 17.4 Å². The number of aliphatic imine (C=N–C) groups is 1. The van der Waals surface area contributed by atoms with E-state index in [1.165, 1.54) is 11.8 Å². The number of carbonyl (C=O) groups excluding carboxylic acids is 2. The van der Waals surface area contributed by atoms with E-state index in [2.05, 4.69) is 25.8 Å². The molecule has 0 bridgehead atoms. The fraction of sp³-hybridized carbons (Fsp3) is 0.250. The number of thioether (sulfide) groups is 1. The van der Waals surface area contributed by atoms with Crippen LogP contribution in [0.2, 0.25) is 0 Å². The zero-order chi connectivity index (χ0) is 19.7. The van der Waals surface area contributed by atoms with Gasteiger partial charge in [0.1, 0.15) is 11.5 Å². The summed E-state index contributed by atoms with van der Waals surface area (Å²) in [4.78, 5) is 32.4. The molecule has 0 unspecified atom stereocenters. The molecule has 2 aromatic rings. The molecule has 2 amide bonds. The molecule has 28 heavy (non-hydrogen) atoms. The van der Waals surface area contributed by atoms with Gasteiger partial charge in [-0.05, 0) is 30.0 Å². The van der Waals surface area contributed by atoms with Crippen LogP contribution in [-0.2, 0) is 9.59 Å². The molecule has 1 fully saturated rings. The molecule has 1 aromatic carbocycles. The van der Waals surface area contributed by atoms with E-state index in [0.29, 0.717) is 42.0 Å². The lowest BCUT2D eigenvalue weighted by Gasteiger charge is -2.34. The Balaban J connectivity index is 1.45. The van der Waals surface area contributed by atoms with Crippen molar-refractivity contribution in [3.05, 3.63) is 51.5 Å². The highest BCUT2D eigenvalue weighted by atomic mass is 79.9. The van der Waals surface area contributed by atoms with Gasteiger partial charge in [-0.3, -0.25) is 9.59 Å². The Morgan fingerprint density at radius 2 is 1.93 bits per heavy atom. The normalized spacial score (nSPS) is 18.7. The maximum Gasteiger partial charge on any atom is 0.286 e. The SMILES string of the molecule is CC(=O)N1CCN(C2=NC(=O)C(=Cc3ccc(-c4ccccc4Br)o3)S2)CC1. The number of piperazine rings is 1. The van der Waals surface area contributed by atoms with E-state index >= 15 is 0 Å². The fourth-order valence-corrected chi connectivity index (χ4v) is 4.54. The second-order valence-corrected chi connectivity index (χ2v) is 8.35. The van der Waals surface area contributed by atoms with Crippen LogP contribution in [0, 0.1) is 0 Å². The largest absolute Gasteiger partial charge is 0.457 e. The summed E-state index contributed by atoms with van der Waals surface area (Å²) >= 11 is 4.88. The van der Waals surface area contributed by atoms with Crippen LogP contribution in [0.15, 0.2) is 55.2 Å². The fourth-order valence-electron chi connectivity index (χ4n) is 3.11. The van der Waals surface area contributed by atoms with E-state index in [-0.39, 0.29) is 11.8 Å². The van der Waals surface area contributed by atoms with Crippen molar-refractivity contribution in [3.8, 4) is 11.3 Å². The van der Waals surface area contributed by atoms with Crippen LogP contribution >= 0.6 is 27.7 Å². The Hall–Kier alpha value is -2.32. The number of halogens is 1. The first kappa shape index (κ1) is 19.0. The summed E-state index contributed by atoms with van der Waals surface area (Å²) in [7, 11) is 0. The summed E-state index contributed by atoms with van der Waals surface area (Å²) in [6.45, 7) is 4.23. The van der Waals surface area contributed by atoms with E-state index in [1.807, 2.05) is 36.4 Å². The standard InChI is InChI=1S/C20H18BrN3O3S/c1-13(25)23-8-10-24(11-9-23)20-22-19(26)18(28-20)12-14-6-7-17(27-14)15-4-2-3-5-16(15)21/h2-7,12H,8-11H2,1H3. The maximum absolute atomic E-state index is 12.3. The van der Waals surface area contributed by atoms with Gasteiger partial charge < -0.3 is 14.2 Å². The maximum atomic E-state index is 12.3. The summed E-state index contributed by atoms with van der Waals surface area (Å²) < 4.78 is 6.85. The van der Waals surface area contributed by atoms with Crippen LogP contribution in [0.3, 0.4) is 0 Å². The lowest BCUT2D eigenvalue weighted by molar-refractivity contribution is -0.130. The van der Waals surface area contributed by atoms with E-state index < -0.39 is 0 Å². The highest BCUT2D eigenvalue weighted by molar-refractivity contribution is 9.10. The molecule has 8 heteroatoms. The Kier molecular flexibility index (Phi) is 5.41. The molecular formula is C20H18BrN3O3S. The molecule has 0 spiro atoms. The van der Waals surface area contributed by atoms with Gasteiger partial charge in [0.25, 0.3) is 5.91 Å². The Labute approximate surface area is 175 Å². The minimum Gasteiger partial charge on any atom is -0.457 e. The zero-order valence-corrected chi connectivity index (χ0v) is 17.6. The van der Waals surface area contributed by atoms with Crippen molar-refractivity contribution in [1.82, 2.24) is 9.80 Å². The third kappa shape index (κ3) is 3.93. The molecule has 1 aromatic heterocycles. The van der Waals surface area contributed by atoms with Crippen molar-refractivity contribution < 1.29 is 14.0 Å². The van der Waals surface area contributed by atoms with Crippen molar-refractivity contribution in [2.75, 3.05) is 26.2 Å². The summed E-state index contributed by atoms with van der Waals surface area (Å²) in [5, 5.41) is 0.692. The molecule has 3 heterocycles. The molecule has 0 radical (unpaired) electrons. The highest BCUT2D eigenvalue weighted by Crippen LogP contribution is 2.33. The molecule has 2 aliphatic rings. The van der Waals surface area contributed by atoms with Crippen LogP contribution in [0.1, 0.15) is 12.7 Å². The van der Waals surface area contributed by atoms with Crippen molar-refractivity contribution in [2.45, 2.75) is 6.92 Å². The number of furan rings is 1. The van der Waals surface area contributed by atoms with E-state index in [1.54, 1.807) is 17.9 Å². The third-order valence-corrected chi connectivity index (χ3v) is 6.38. The number of rotatable bonds is 2. The Morgan fingerprint density at radius 3 is 2.64 bits per heavy atom. The first-order chi connectivity index (χ1) is 13.5. The van der Waals surface area contributed by atoms with Crippen molar-refractivity contribution >= 4 is 50.7 Å². The minimum absolute atomic E-state index is 0.0796. The molecule has 0 aliphatic carbocycles. The van der Waals surface area contributed by atoms with Gasteiger partial charge in [-0.1, -0.05) is 34.1 Å². The highest BCUT2D eigenvalue weighted by Gasteiger charge is 2.29. The average molecular weight is 460 g/mol. The predicted molar refractivity (Wildman–Crippen MR) is 114 cm³/mol. The number of hydrogen-bond acceptors (Lipinski definition) is 5. The number of amidine groups is 1. The zero-order valence-electron chi connectivity index (χ0n) is 15.2. The first-order valence-corrected chi connectivity index (χ1v) is 10.5. The molecule has 1 saturated heterocycles. The average Bonchev–Trinajstić information content (AvgIpc) is 3.30. The van der Waals surface area contributed by atoms with E-state index in [0.717, 1.165) is 15.8 Å². The molecule has 4 rings (SSSR count). The van der Waals surface area contributed by atoms with Crippen molar-refractivity contribution in [3.63, 3.8) is 0 Å². The lowest BCUT2D eigenvalue weighted by atomic mass is 10.2. The van der Waals surface area contributed by atoms with Crippen LogP contribution in [-0.4, -0.2) is 53.0 Å². The molecule has 144 valence electrons. The quantitative estimate of drug-likeness (QED) is 0.638. The lowest BCUT2D eigenvalue weighted by Crippen LogP contribution is -2.49. The summed E-state index contributed by atoms with van der Waals surface area (Å²) in [5.41, 5.74) is 0.956. The molecule has 0 N–H and O–H groups in total. The molecule has 0 saturated carbocycles. The number of carbonyl (C=O) groups is 2. The Morgan fingerprint density at radius 1 is 1.18 bits per heavy atom. The summed E-state index contributed by atoms with van der Waals surface area (Å²) in [6, 6.07) is 11.6. The number of amides is 2. The van der Waals surface area contributed by atoms with Crippen molar-refractivity contribution in [1.29, 1.82) is 0 Å². The topological polar surface area (TPSA) is 66.1 Å². The Bertz CT molecular complexity index is 990. The molecular weight excluding hydrogens is 442 g/mol. The smallest absolute Gasteiger partial charge is 0.286 e. The monoisotopic (exact) mass is 459 g/mol. The molecule has 0 atom stereocenters. The van der Waals surface area contributed by atoms with Gasteiger partial charge in [0, 0.05) is 49.2 Å². The number of hydrogen-bond donors (Lipinski definition) is 0. The van der Waals surface area contributed by atoms with Crippen molar-refractivity contribution in [2.24, 2.45) is 4.99 Å². The molecule has 2 aliphatic heterocycles. The van der Waals surface area contributed by atoms with Crippen LogP contribution in [0.4, 0.5) is 0 Å². The van der Waals surface area contributed by atoms with E-state index in [9.17, 15) is 9.59 Å². The van der Waals surface area contributed by atoms with Gasteiger partial charge in [0.05, 0.1) is 4.91 Å². The van der Waals surface area contributed by atoms with Gasteiger partial charge in [0.15, 0.2) is 5.17 Å². The second-order valence-electron chi connectivity index (χ2n) is 6.49. The van der Waals surface area contributed by atoms with Gasteiger partial charge >= 0.3 is 0 Å². The minimum atomic E-state index is -0.257. The van der Waals surface area contributed by atoms with Gasteiger partial charge in [-0.15, -0.1) is 0 Å². The van der Waals surface area contributed by atoms with Gasteiger partial charge in [0.2, 0.25) is 5.91 Å². The van der Waals surface area contributed by atoms with Crippen LogP contribution in [0.5, 0.6) is 0 Å². The second kappa shape index (κ2) is 7.97. The summed E-state index contributed by atoms with van der Waals surface area (Å²) in [5.74, 6) is 1.17. The van der Waals surface area contributed by atoms with Crippen LogP contribution < -0.4 is 0 Å². The first-order valence-electron chi connectivity index (χ1n) is 8.89. The summed E-state index contributed by atoms with van der Waals surface area (Å²) in [6.07, 6.45) is 1.73. The molecule has 6 nitrogen and oxygen atoms in total. The third-order valence-electron chi connectivity index (χ3n) is 4.64. The predicted octanol–water partition coefficient (Wildman–Crippen LogP) is 3.84. The number of benzene rings is 1. The number of nitrogens with zero attached hydrogens (tertiary/aromatic N) is 3. The van der Waals surface area contributed by atoms with E-state index in [4.69, 9.17) is 4.42 Å². The van der Waals surface area contributed by atoms with Gasteiger partial charge in [-0.2, -0.15) is 4.99 Å².